The minimum Gasteiger partial charge on any atom is -0.313 e. The fraction of sp³-hybridized carbons (Fsp3) is 0.545. The SMILES string of the molecule is c1ccc(CNCCNC2CC2)nc1. The van der Waals surface area contributed by atoms with Crippen LogP contribution in [0.15, 0.2) is 24.4 Å². The molecule has 1 aliphatic carbocycles. The molecule has 0 saturated heterocycles. The Morgan fingerprint density at radius 1 is 1.29 bits per heavy atom. The van der Waals surface area contributed by atoms with Crippen LogP contribution in [-0.4, -0.2) is 24.1 Å². The maximum Gasteiger partial charge on any atom is 0.0541 e. The summed E-state index contributed by atoms with van der Waals surface area (Å²) in [7, 11) is 0. The molecule has 14 heavy (non-hydrogen) atoms. The predicted molar refractivity (Wildman–Crippen MR) is 57.0 cm³/mol. The standard InChI is InChI=1S/C11H17N3/c1-2-6-13-11(3-1)9-12-7-8-14-10-4-5-10/h1-3,6,10,12,14H,4-5,7-9H2. The molecule has 0 aromatic carbocycles. The van der Waals surface area contributed by atoms with Crippen LogP contribution in [0.2, 0.25) is 0 Å². The van der Waals surface area contributed by atoms with Gasteiger partial charge in [0.2, 0.25) is 0 Å². The summed E-state index contributed by atoms with van der Waals surface area (Å²) in [6.45, 7) is 2.96. The summed E-state index contributed by atoms with van der Waals surface area (Å²) in [6.07, 6.45) is 4.56. The molecule has 1 heterocycles. The topological polar surface area (TPSA) is 37.0 Å². The maximum atomic E-state index is 4.24. The highest BCUT2D eigenvalue weighted by atomic mass is 15.0. The van der Waals surface area contributed by atoms with Gasteiger partial charge in [-0.2, -0.15) is 0 Å². The van der Waals surface area contributed by atoms with Crippen molar-refractivity contribution in [2.75, 3.05) is 13.1 Å². The molecule has 3 heteroatoms. The second-order valence-electron chi connectivity index (χ2n) is 3.73. The van der Waals surface area contributed by atoms with Gasteiger partial charge in [-0.3, -0.25) is 4.98 Å². The molecule has 2 rings (SSSR count). The first kappa shape index (κ1) is 9.62. The third kappa shape index (κ3) is 3.44. The van der Waals surface area contributed by atoms with Crippen molar-refractivity contribution in [2.45, 2.75) is 25.4 Å². The average Bonchev–Trinajstić information content (AvgIpc) is 3.03. The Hall–Kier alpha value is -0.930. The minimum atomic E-state index is 0.812. The van der Waals surface area contributed by atoms with E-state index in [4.69, 9.17) is 0 Å². The molecule has 0 bridgehead atoms. The normalized spacial score (nSPS) is 15.7. The third-order valence-corrected chi connectivity index (χ3v) is 2.34. The average molecular weight is 191 g/mol. The van der Waals surface area contributed by atoms with Crippen molar-refractivity contribution in [2.24, 2.45) is 0 Å². The number of nitrogens with zero attached hydrogens (tertiary/aromatic N) is 1. The van der Waals surface area contributed by atoms with Gasteiger partial charge in [0.1, 0.15) is 0 Å². The van der Waals surface area contributed by atoms with E-state index in [-0.39, 0.29) is 0 Å². The fourth-order valence-corrected chi connectivity index (χ4v) is 1.37. The largest absolute Gasteiger partial charge is 0.313 e. The van der Waals surface area contributed by atoms with Gasteiger partial charge in [-0.05, 0) is 25.0 Å². The Labute approximate surface area is 84.9 Å². The zero-order valence-electron chi connectivity index (χ0n) is 8.37. The van der Waals surface area contributed by atoms with Gasteiger partial charge in [0.15, 0.2) is 0 Å². The lowest BCUT2D eigenvalue weighted by Crippen LogP contribution is -2.28. The molecule has 1 aromatic heterocycles. The van der Waals surface area contributed by atoms with Crippen LogP contribution in [0.1, 0.15) is 18.5 Å². The molecule has 0 unspecified atom stereocenters. The van der Waals surface area contributed by atoms with Crippen molar-refractivity contribution >= 4 is 0 Å². The maximum absolute atomic E-state index is 4.24. The summed E-state index contributed by atoms with van der Waals surface area (Å²) < 4.78 is 0. The van der Waals surface area contributed by atoms with Crippen molar-refractivity contribution in [3.05, 3.63) is 30.1 Å². The number of hydrogen-bond acceptors (Lipinski definition) is 3. The van der Waals surface area contributed by atoms with Crippen LogP contribution >= 0.6 is 0 Å². The molecule has 0 amide bonds. The lowest BCUT2D eigenvalue weighted by Gasteiger charge is -2.04. The van der Waals surface area contributed by atoms with Crippen LogP contribution in [0.4, 0.5) is 0 Å². The zero-order chi connectivity index (χ0) is 9.64. The molecule has 0 aliphatic heterocycles. The molecule has 0 atom stereocenters. The Kier molecular flexibility index (Phi) is 3.49. The van der Waals surface area contributed by atoms with Crippen molar-refractivity contribution in [3.63, 3.8) is 0 Å². The molecule has 0 spiro atoms. The van der Waals surface area contributed by atoms with E-state index in [9.17, 15) is 0 Å². The van der Waals surface area contributed by atoms with E-state index >= 15 is 0 Å². The second-order valence-corrected chi connectivity index (χ2v) is 3.73. The van der Waals surface area contributed by atoms with Gasteiger partial charge >= 0.3 is 0 Å². The van der Waals surface area contributed by atoms with Gasteiger partial charge in [0.05, 0.1) is 5.69 Å². The first-order valence-electron chi connectivity index (χ1n) is 5.29. The van der Waals surface area contributed by atoms with Crippen molar-refractivity contribution in [1.82, 2.24) is 15.6 Å². The highest BCUT2D eigenvalue weighted by Crippen LogP contribution is 2.17. The van der Waals surface area contributed by atoms with Crippen molar-refractivity contribution < 1.29 is 0 Å². The van der Waals surface area contributed by atoms with Crippen LogP contribution in [-0.2, 0) is 6.54 Å². The molecule has 0 radical (unpaired) electrons. The predicted octanol–water partition coefficient (Wildman–Crippen LogP) is 0.923. The Bertz CT molecular complexity index is 256. The Morgan fingerprint density at radius 3 is 2.93 bits per heavy atom. The summed E-state index contributed by atoms with van der Waals surface area (Å²) in [5.41, 5.74) is 1.11. The summed E-state index contributed by atoms with van der Waals surface area (Å²) >= 11 is 0. The zero-order valence-corrected chi connectivity index (χ0v) is 8.37. The van der Waals surface area contributed by atoms with Gasteiger partial charge in [-0.25, -0.2) is 0 Å². The lowest BCUT2D eigenvalue weighted by atomic mass is 10.3. The van der Waals surface area contributed by atoms with Gasteiger partial charge < -0.3 is 10.6 Å². The Morgan fingerprint density at radius 2 is 2.21 bits per heavy atom. The van der Waals surface area contributed by atoms with Gasteiger partial charge in [0.25, 0.3) is 0 Å². The molecular weight excluding hydrogens is 174 g/mol. The van der Waals surface area contributed by atoms with E-state index in [1.54, 1.807) is 0 Å². The number of pyridine rings is 1. The lowest BCUT2D eigenvalue weighted by molar-refractivity contribution is 0.604. The molecule has 1 aliphatic rings. The van der Waals surface area contributed by atoms with Crippen molar-refractivity contribution in [1.29, 1.82) is 0 Å². The van der Waals surface area contributed by atoms with Gasteiger partial charge in [-0.1, -0.05) is 6.07 Å². The molecule has 3 nitrogen and oxygen atoms in total. The quantitative estimate of drug-likeness (QED) is 0.657. The Balaban J connectivity index is 1.54. The smallest absolute Gasteiger partial charge is 0.0541 e. The monoisotopic (exact) mass is 191 g/mol. The summed E-state index contributed by atoms with van der Waals surface area (Å²) in [5, 5.41) is 6.82. The number of aromatic nitrogens is 1. The first-order valence-corrected chi connectivity index (χ1v) is 5.29. The second kappa shape index (κ2) is 5.08. The van der Waals surface area contributed by atoms with E-state index in [0.29, 0.717) is 0 Å². The summed E-state index contributed by atoms with van der Waals surface area (Å²) in [4.78, 5) is 4.24. The number of hydrogen-bond donors (Lipinski definition) is 2. The highest BCUT2D eigenvalue weighted by molar-refractivity contribution is 5.02. The highest BCUT2D eigenvalue weighted by Gasteiger charge is 2.19. The van der Waals surface area contributed by atoms with Crippen LogP contribution in [0.25, 0.3) is 0 Å². The van der Waals surface area contributed by atoms with E-state index in [0.717, 1.165) is 31.4 Å². The van der Waals surface area contributed by atoms with Crippen LogP contribution in [0, 0.1) is 0 Å². The van der Waals surface area contributed by atoms with Gasteiger partial charge in [-0.15, -0.1) is 0 Å². The summed E-state index contributed by atoms with van der Waals surface area (Å²) in [6, 6.07) is 6.82. The van der Waals surface area contributed by atoms with Crippen LogP contribution in [0.3, 0.4) is 0 Å². The van der Waals surface area contributed by atoms with Crippen LogP contribution in [0.5, 0.6) is 0 Å². The molecular formula is C11H17N3. The molecule has 76 valence electrons. The summed E-state index contributed by atoms with van der Waals surface area (Å²) in [5.74, 6) is 0. The van der Waals surface area contributed by atoms with E-state index in [1.165, 1.54) is 12.8 Å². The van der Waals surface area contributed by atoms with Crippen LogP contribution < -0.4 is 10.6 Å². The molecule has 2 N–H and O–H groups in total. The van der Waals surface area contributed by atoms with E-state index in [2.05, 4.69) is 15.6 Å². The van der Waals surface area contributed by atoms with Crippen molar-refractivity contribution in [3.8, 4) is 0 Å². The molecule has 1 saturated carbocycles. The molecule has 1 aromatic rings. The number of rotatable bonds is 6. The van der Waals surface area contributed by atoms with Gasteiger partial charge in [0, 0.05) is 31.9 Å². The van der Waals surface area contributed by atoms with E-state index < -0.39 is 0 Å². The number of nitrogens with one attached hydrogen (secondary N) is 2. The first-order chi connectivity index (χ1) is 6.95. The fourth-order valence-electron chi connectivity index (χ4n) is 1.37. The van der Waals surface area contributed by atoms with E-state index in [1.807, 2.05) is 24.4 Å². The molecule has 1 fully saturated rings. The third-order valence-electron chi connectivity index (χ3n) is 2.34. The minimum absolute atomic E-state index is 0.812.